The number of amides is 1. The van der Waals surface area contributed by atoms with Crippen LogP contribution in [0.15, 0.2) is 65.3 Å². The molecule has 2 aromatic carbocycles. The Labute approximate surface area is 209 Å². The zero-order valence-electron chi connectivity index (χ0n) is 19.9. The monoisotopic (exact) mass is 490 g/mol. The molecule has 0 radical (unpaired) electrons. The standard InChI is InChI=1S/C27H30N4O3S/c1-19(26(32)28-15-14-20-8-4-2-5-9-20)35-27-30-29-25(22-10-6-3-7-11-22)31(27)17-21-12-13-23-24(16-21)34-18-33-23/h3,6-8,10-13,16,19H,2,4-5,9,14-15,17-18H2,1H3,(H,28,32). The van der Waals surface area contributed by atoms with Crippen LogP contribution in [0.4, 0.5) is 0 Å². The Morgan fingerprint density at radius 2 is 1.97 bits per heavy atom. The van der Waals surface area contributed by atoms with Crippen molar-refractivity contribution in [2.75, 3.05) is 13.3 Å². The Morgan fingerprint density at radius 3 is 2.80 bits per heavy atom. The summed E-state index contributed by atoms with van der Waals surface area (Å²) in [6.45, 7) is 3.39. The molecule has 1 N–H and O–H groups in total. The summed E-state index contributed by atoms with van der Waals surface area (Å²) in [6, 6.07) is 15.9. The molecule has 35 heavy (non-hydrogen) atoms. The second-order valence-corrected chi connectivity index (χ2v) is 10.2. The number of hydrogen-bond acceptors (Lipinski definition) is 6. The number of carbonyl (C=O) groups is 1. The van der Waals surface area contributed by atoms with Gasteiger partial charge in [-0.25, -0.2) is 0 Å². The average Bonchev–Trinajstić information content (AvgIpc) is 3.52. The van der Waals surface area contributed by atoms with Crippen LogP contribution in [-0.4, -0.2) is 39.3 Å². The van der Waals surface area contributed by atoms with E-state index in [0.29, 0.717) is 18.2 Å². The van der Waals surface area contributed by atoms with Gasteiger partial charge >= 0.3 is 0 Å². The van der Waals surface area contributed by atoms with Gasteiger partial charge in [0.25, 0.3) is 0 Å². The van der Waals surface area contributed by atoms with Gasteiger partial charge in [-0.3, -0.25) is 9.36 Å². The van der Waals surface area contributed by atoms with Crippen LogP contribution in [0, 0.1) is 0 Å². The van der Waals surface area contributed by atoms with Gasteiger partial charge in [0.2, 0.25) is 12.7 Å². The van der Waals surface area contributed by atoms with Crippen LogP contribution in [0.2, 0.25) is 0 Å². The molecule has 7 nitrogen and oxygen atoms in total. The number of fused-ring (bicyclic) bond motifs is 1. The van der Waals surface area contributed by atoms with Crippen molar-refractivity contribution >= 4 is 17.7 Å². The summed E-state index contributed by atoms with van der Waals surface area (Å²) in [6.07, 6.45) is 8.12. The van der Waals surface area contributed by atoms with E-state index in [9.17, 15) is 4.79 Å². The predicted molar refractivity (Wildman–Crippen MR) is 137 cm³/mol. The molecule has 1 aromatic heterocycles. The molecular formula is C27H30N4O3S. The van der Waals surface area contributed by atoms with Crippen molar-refractivity contribution in [1.29, 1.82) is 0 Å². The first-order chi connectivity index (χ1) is 17.2. The Kier molecular flexibility index (Phi) is 7.37. The molecule has 1 atom stereocenters. The van der Waals surface area contributed by atoms with Crippen LogP contribution in [0.1, 0.15) is 44.6 Å². The highest BCUT2D eigenvalue weighted by Crippen LogP contribution is 2.34. The molecule has 0 spiro atoms. The first-order valence-electron chi connectivity index (χ1n) is 12.2. The van der Waals surface area contributed by atoms with E-state index in [4.69, 9.17) is 9.47 Å². The summed E-state index contributed by atoms with van der Waals surface area (Å²) in [7, 11) is 0. The Balaban J connectivity index is 1.31. The maximum Gasteiger partial charge on any atom is 0.233 e. The molecule has 1 amide bonds. The van der Waals surface area contributed by atoms with E-state index in [1.807, 2.05) is 55.5 Å². The fourth-order valence-electron chi connectivity index (χ4n) is 4.37. The predicted octanol–water partition coefficient (Wildman–Crippen LogP) is 5.21. The number of nitrogens with one attached hydrogen (secondary N) is 1. The second-order valence-electron chi connectivity index (χ2n) is 8.86. The fraction of sp³-hybridized carbons (Fsp3) is 0.370. The summed E-state index contributed by atoms with van der Waals surface area (Å²) in [4.78, 5) is 12.8. The third-order valence-corrected chi connectivity index (χ3v) is 7.39. The lowest BCUT2D eigenvalue weighted by atomic mass is 9.97. The third-order valence-electron chi connectivity index (χ3n) is 6.31. The van der Waals surface area contributed by atoms with Gasteiger partial charge in [-0.05, 0) is 56.7 Å². The molecule has 0 saturated heterocycles. The van der Waals surface area contributed by atoms with E-state index < -0.39 is 0 Å². The summed E-state index contributed by atoms with van der Waals surface area (Å²) in [5, 5.41) is 12.5. The van der Waals surface area contributed by atoms with Crippen LogP contribution in [0.5, 0.6) is 11.5 Å². The first-order valence-corrected chi connectivity index (χ1v) is 13.0. The number of ether oxygens (including phenoxy) is 2. The molecule has 0 bridgehead atoms. The molecule has 182 valence electrons. The summed E-state index contributed by atoms with van der Waals surface area (Å²) in [5.74, 6) is 2.28. The van der Waals surface area contributed by atoms with Gasteiger partial charge in [0.1, 0.15) is 0 Å². The quantitative estimate of drug-likeness (QED) is 0.328. The van der Waals surface area contributed by atoms with Gasteiger partial charge in [-0.2, -0.15) is 0 Å². The molecule has 0 saturated carbocycles. The fourth-order valence-corrected chi connectivity index (χ4v) is 5.25. The number of allylic oxidation sites excluding steroid dienone is 1. The van der Waals surface area contributed by atoms with Gasteiger partial charge in [-0.1, -0.05) is 59.8 Å². The smallest absolute Gasteiger partial charge is 0.233 e. The van der Waals surface area contributed by atoms with Gasteiger partial charge in [0.05, 0.1) is 11.8 Å². The van der Waals surface area contributed by atoms with Crippen LogP contribution < -0.4 is 14.8 Å². The van der Waals surface area contributed by atoms with Crippen molar-refractivity contribution in [3.8, 4) is 22.9 Å². The molecule has 2 aliphatic rings. The van der Waals surface area contributed by atoms with Crippen molar-refractivity contribution in [1.82, 2.24) is 20.1 Å². The van der Waals surface area contributed by atoms with Gasteiger partial charge in [0, 0.05) is 12.1 Å². The highest BCUT2D eigenvalue weighted by molar-refractivity contribution is 8.00. The molecule has 2 heterocycles. The molecule has 3 aromatic rings. The van der Waals surface area contributed by atoms with Crippen molar-refractivity contribution in [2.24, 2.45) is 0 Å². The highest BCUT2D eigenvalue weighted by atomic mass is 32.2. The average molecular weight is 491 g/mol. The molecule has 1 unspecified atom stereocenters. The van der Waals surface area contributed by atoms with Crippen molar-refractivity contribution in [3.63, 3.8) is 0 Å². The molecule has 1 aliphatic carbocycles. The minimum Gasteiger partial charge on any atom is -0.454 e. The third kappa shape index (κ3) is 5.70. The van der Waals surface area contributed by atoms with Crippen LogP contribution in [0.25, 0.3) is 11.4 Å². The lowest BCUT2D eigenvalue weighted by molar-refractivity contribution is -0.120. The number of thioether (sulfide) groups is 1. The van der Waals surface area contributed by atoms with Crippen molar-refractivity contribution in [2.45, 2.75) is 56.0 Å². The molecule has 5 rings (SSSR count). The summed E-state index contributed by atoms with van der Waals surface area (Å²) >= 11 is 1.43. The van der Waals surface area contributed by atoms with E-state index in [-0.39, 0.29) is 18.0 Å². The Hall–Kier alpha value is -3.26. The van der Waals surface area contributed by atoms with E-state index in [1.54, 1.807) is 0 Å². The Morgan fingerprint density at radius 1 is 1.11 bits per heavy atom. The van der Waals surface area contributed by atoms with Crippen LogP contribution in [-0.2, 0) is 11.3 Å². The SMILES string of the molecule is CC(Sc1nnc(-c2ccccc2)n1Cc1ccc2c(c1)OCO2)C(=O)NCCC1=CCCCC1. The summed E-state index contributed by atoms with van der Waals surface area (Å²) in [5.41, 5.74) is 3.49. The zero-order chi connectivity index (χ0) is 24.0. The molecule has 1 aliphatic heterocycles. The normalized spacial score (nSPS) is 15.5. The van der Waals surface area contributed by atoms with Crippen LogP contribution in [0.3, 0.4) is 0 Å². The molecule has 0 fully saturated rings. The zero-order valence-corrected chi connectivity index (χ0v) is 20.7. The largest absolute Gasteiger partial charge is 0.454 e. The number of benzene rings is 2. The number of hydrogen-bond donors (Lipinski definition) is 1. The minimum atomic E-state index is -0.293. The Bertz CT molecular complexity index is 1210. The van der Waals surface area contributed by atoms with E-state index in [2.05, 4.69) is 26.2 Å². The van der Waals surface area contributed by atoms with E-state index >= 15 is 0 Å². The lowest BCUT2D eigenvalue weighted by Crippen LogP contribution is -2.32. The number of nitrogens with zero attached hydrogens (tertiary/aromatic N) is 3. The molecule has 8 heteroatoms. The van der Waals surface area contributed by atoms with Crippen molar-refractivity contribution in [3.05, 3.63) is 65.7 Å². The van der Waals surface area contributed by atoms with Gasteiger partial charge in [-0.15, -0.1) is 10.2 Å². The maximum absolute atomic E-state index is 12.8. The van der Waals surface area contributed by atoms with E-state index in [0.717, 1.165) is 47.7 Å². The first kappa shape index (κ1) is 23.5. The maximum atomic E-state index is 12.8. The minimum absolute atomic E-state index is 0.0188. The topological polar surface area (TPSA) is 78.3 Å². The number of carbonyl (C=O) groups excluding carboxylic acids is 1. The number of aromatic nitrogens is 3. The summed E-state index contributed by atoms with van der Waals surface area (Å²) < 4.78 is 13.1. The second kappa shape index (κ2) is 11.0. The van der Waals surface area contributed by atoms with Crippen LogP contribution >= 0.6 is 11.8 Å². The molecular weight excluding hydrogens is 460 g/mol. The highest BCUT2D eigenvalue weighted by Gasteiger charge is 2.22. The van der Waals surface area contributed by atoms with E-state index in [1.165, 1.54) is 30.2 Å². The lowest BCUT2D eigenvalue weighted by Gasteiger charge is -2.16. The van der Waals surface area contributed by atoms with Crippen molar-refractivity contribution < 1.29 is 14.3 Å². The van der Waals surface area contributed by atoms with Gasteiger partial charge < -0.3 is 14.8 Å². The van der Waals surface area contributed by atoms with Gasteiger partial charge in [0.15, 0.2) is 22.5 Å². The number of rotatable bonds is 9.